The van der Waals surface area contributed by atoms with E-state index < -0.39 is 0 Å². The minimum Gasteiger partial charge on any atom is -0.330 e. The predicted octanol–water partition coefficient (Wildman–Crippen LogP) is 0.0804. The van der Waals surface area contributed by atoms with Gasteiger partial charge in [0, 0.05) is 12.4 Å². The third kappa shape index (κ3) is 3.92. The number of nitriles is 1. The van der Waals surface area contributed by atoms with Crippen molar-refractivity contribution < 1.29 is 9.69 Å². The number of anilines is 2. The van der Waals surface area contributed by atoms with Crippen LogP contribution in [-0.4, -0.2) is 48.1 Å². The highest BCUT2D eigenvalue weighted by atomic mass is 16.2. The lowest BCUT2D eigenvalue weighted by molar-refractivity contribution is -0.914. The van der Waals surface area contributed by atoms with Crippen LogP contribution in [0.15, 0.2) is 42.7 Å². The molecular weight excluding hydrogens is 316 g/mol. The fourth-order valence-corrected chi connectivity index (χ4v) is 3.00. The van der Waals surface area contributed by atoms with Crippen LogP contribution in [0.2, 0.25) is 0 Å². The number of hydrogen-bond donors (Lipinski definition) is 2. The van der Waals surface area contributed by atoms with E-state index in [1.165, 1.54) is 4.90 Å². The maximum atomic E-state index is 12.6. The molecule has 2 heterocycles. The van der Waals surface area contributed by atoms with Crippen molar-refractivity contribution in [1.29, 1.82) is 5.26 Å². The molecule has 7 nitrogen and oxygen atoms in total. The van der Waals surface area contributed by atoms with E-state index in [0.29, 0.717) is 11.3 Å². The number of amides is 1. The summed E-state index contributed by atoms with van der Waals surface area (Å²) in [6, 6.07) is 10.8. The van der Waals surface area contributed by atoms with Gasteiger partial charge in [0.25, 0.3) is 5.91 Å². The van der Waals surface area contributed by atoms with Gasteiger partial charge in [0.05, 0.1) is 37.4 Å². The number of benzene rings is 1. The largest absolute Gasteiger partial charge is 0.330 e. The summed E-state index contributed by atoms with van der Waals surface area (Å²) in [5.74, 6) is 0.670. The summed E-state index contributed by atoms with van der Waals surface area (Å²) in [5.41, 5.74) is 1.04. The second kappa shape index (κ2) is 7.73. The zero-order valence-corrected chi connectivity index (χ0v) is 14.1. The van der Waals surface area contributed by atoms with E-state index in [0.717, 1.165) is 32.1 Å². The lowest BCUT2D eigenvalue weighted by Crippen LogP contribution is -3.19. The van der Waals surface area contributed by atoms with Crippen LogP contribution < -0.4 is 15.1 Å². The number of rotatable bonds is 4. The van der Waals surface area contributed by atoms with Crippen LogP contribution in [0.3, 0.4) is 0 Å². The first-order valence-electron chi connectivity index (χ1n) is 8.35. The van der Waals surface area contributed by atoms with Gasteiger partial charge < -0.3 is 15.1 Å². The molecule has 2 aromatic rings. The fourth-order valence-electron chi connectivity index (χ4n) is 3.00. The third-order valence-electron chi connectivity index (χ3n) is 4.55. The molecule has 3 rings (SSSR count). The van der Waals surface area contributed by atoms with Crippen molar-refractivity contribution in [1.82, 2.24) is 9.97 Å². The Kier molecular flexibility index (Phi) is 5.21. The summed E-state index contributed by atoms with van der Waals surface area (Å²) in [4.78, 5) is 24.5. The van der Waals surface area contributed by atoms with E-state index in [2.05, 4.69) is 26.3 Å². The zero-order chi connectivity index (χ0) is 17.6. The Hall–Kier alpha value is -2.98. The smallest absolute Gasteiger partial charge is 0.282 e. The number of carbonyl (C=O) groups is 1. The summed E-state index contributed by atoms with van der Waals surface area (Å²) >= 11 is 0. The highest BCUT2D eigenvalue weighted by molar-refractivity contribution is 5.94. The second-order valence-corrected chi connectivity index (χ2v) is 6.06. The van der Waals surface area contributed by atoms with Gasteiger partial charge in [-0.05, 0) is 25.1 Å². The number of nitrogens with one attached hydrogen (secondary N) is 2. The molecule has 2 N–H and O–H groups in total. The molecule has 1 aliphatic heterocycles. The first kappa shape index (κ1) is 16.9. The Morgan fingerprint density at radius 2 is 1.92 bits per heavy atom. The molecule has 7 heteroatoms. The molecule has 0 aliphatic carbocycles. The van der Waals surface area contributed by atoms with Crippen molar-refractivity contribution in [3.8, 4) is 6.07 Å². The third-order valence-corrected chi connectivity index (χ3v) is 4.55. The maximum absolute atomic E-state index is 12.6. The summed E-state index contributed by atoms with van der Waals surface area (Å²) in [7, 11) is 0. The summed E-state index contributed by atoms with van der Waals surface area (Å²) < 4.78 is 0. The highest BCUT2D eigenvalue weighted by Gasteiger charge is 2.30. The molecule has 1 aliphatic rings. The van der Waals surface area contributed by atoms with Crippen molar-refractivity contribution in [3.05, 3.63) is 48.3 Å². The van der Waals surface area contributed by atoms with Gasteiger partial charge >= 0.3 is 0 Å². The van der Waals surface area contributed by atoms with E-state index in [-0.39, 0.29) is 11.9 Å². The minimum atomic E-state index is -0.189. The zero-order valence-electron chi connectivity index (χ0n) is 14.1. The molecular formula is C18H21N6O+. The molecule has 0 saturated carbocycles. The normalized spacial score (nSPS) is 16.1. The lowest BCUT2D eigenvalue weighted by atomic mass is 10.1. The molecule has 0 spiro atoms. The van der Waals surface area contributed by atoms with Crippen LogP contribution in [0.4, 0.5) is 11.6 Å². The summed E-state index contributed by atoms with van der Waals surface area (Å²) in [5, 5.41) is 12.0. The van der Waals surface area contributed by atoms with E-state index in [9.17, 15) is 4.79 Å². The number of carbonyl (C=O) groups excluding carboxylic acids is 1. The second-order valence-electron chi connectivity index (χ2n) is 6.06. The van der Waals surface area contributed by atoms with Crippen LogP contribution in [0.5, 0.6) is 0 Å². The molecule has 1 amide bonds. The van der Waals surface area contributed by atoms with Crippen LogP contribution in [0.1, 0.15) is 12.5 Å². The van der Waals surface area contributed by atoms with Gasteiger partial charge in [0.2, 0.25) is 5.95 Å². The summed E-state index contributed by atoms with van der Waals surface area (Å²) in [6.07, 6.45) is 3.48. The first-order valence-corrected chi connectivity index (χ1v) is 8.35. The molecule has 1 aromatic heterocycles. The van der Waals surface area contributed by atoms with E-state index >= 15 is 0 Å². The number of piperazine rings is 1. The van der Waals surface area contributed by atoms with E-state index in [1.807, 2.05) is 13.0 Å². The standard InChI is InChI=1S/C18H20N6O/c1-14(17(25)22-16-6-3-2-5-15(16)13-19)23-9-11-24(12-10-23)18-20-7-4-8-21-18/h2-8,14H,9-12H2,1H3,(H,22,25)/p+1/t14-/m1/s1. The van der Waals surface area contributed by atoms with Gasteiger partial charge in [0.15, 0.2) is 6.04 Å². The van der Waals surface area contributed by atoms with E-state index in [1.54, 1.807) is 36.7 Å². The number of aromatic nitrogens is 2. The first-order chi connectivity index (χ1) is 12.2. The predicted molar refractivity (Wildman–Crippen MR) is 94.2 cm³/mol. The average Bonchev–Trinajstić information content (AvgIpc) is 2.68. The van der Waals surface area contributed by atoms with Gasteiger partial charge in [-0.3, -0.25) is 4.79 Å². The summed E-state index contributed by atoms with van der Waals surface area (Å²) in [6.45, 7) is 5.23. The Labute approximate surface area is 146 Å². The SMILES string of the molecule is C[C@H](C(=O)Nc1ccccc1C#N)[NH+]1CCN(c2ncccn2)CC1. The lowest BCUT2D eigenvalue weighted by Gasteiger charge is -2.34. The van der Waals surface area contributed by atoms with Gasteiger partial charge in [-0.2, -0.15) is 5.26 Å². The average molecular weight is 337 g/mol. The Morgan fingerprint density at radius 1 is 1.24 bits per heavy atom. The molecule has 25 heavy (non-hydrogen) atoms. The molecule has 128 valence electrons. The number of quaternary nitrogens is 1. The van der Waals surface area contributed by atoms with Gasteiger partial charge in [-0.1, -0.05) is 12.1 Å². The Bertz CT molecular complexity index is 765. The number of hydrogen-bond acceptors (Lipinski definition) is 5. The van der Waals surface area contributed by atoms with Crippen LogP contribution in [0, 0.1) is 11.3 Å². The highest BCUT2D eigenvalue weighted by Crippen LogP contribution is 2.13. The van der Waals surface area contributed by atoms with Gasteiger partial charge in [-0.15, -0.1) is 0 Å². The number of nitrogens with zero attached hydrogens (tertiary/aromatic N) is 4. The van der Waals surface area contributed by atoms with Crippen LogP contribution >= 0.6 is 0 Å². The molecule has 1 atom stereocenters. The fraction of sp³-hybridized carbons (Fsp3) is 0.333. The molecule has 0 bridgehead atoms. The molecule has 1 fully saturated rings. The van der Waals surface area contributed by atoms with Crippen LogP contribution in [-0.2, 0) is 4.79 Å². The van der Waals surface area contributed by atoms with Gasteiger partial charge in [-0.25, -0.2) is 9.97 Å². The number of para-hydroxylation sites is 1. The van der Waals surface area contributed by atoms with Crippen molar-refractivity contribution in [2.45, 2.75) is 13.0 Å². The monoisotopic (exact) mass is 337 g/mol. The van der Waals surface area contributed by atoms with Crippen LogP contribution in [0.25, 0.3) is 0 Å². The topological polar surface area (TPSA) is 86.4 Å². The Morgan fingerprint density at radius 3 is 2.60 bits per heavy atom. The van der Waals surface area contributed by atoms with Crippen molar-refractivity contribution in [2.24, 2.45) is 0 Å². The van der Waals surface area contributed by atoms with Crippen molar-refractivity contribution in [2.75, 3.05) is 36.4 Å². The minimum absolute atomic E-state index is 0.0675. The van der Waals surface area contributed by atoms with Crippen molar-refractivity contribution >= 4 is 17.5 Å². The molecule has 0 radical (unpaired) electrons. The molecule has 0 unspecified atom stereocenters. The Balaban J connectivity index is 1.58. The van der Waals surface area contributed by atoms with Crippen molar-refractivity contribution in [3.63, 3.8) is 0 Å². The quantitative estimate of drug-likeness (QED) is 0.825. The van der Waals surface area contributed by atoms with E-state index in [4.69, 9.17) is 5.26 Å². The van der Waals surface area contributed by atoms with Gasteiger partial charge in [0.1, 0.15) is 6.07 Å². The molecule has 1 aromatic carbocycles. The molecule has 1 saturated heterocycles. The maximum Gasteiger partial charge on any atom is 0.282 e.